The second-order valence-electron chi connectivity index (χ2n) is 7.26. The third kappa shape index (κ3) is 3.50. The predicted octanol–water partition coefficient (Wildman–Crippen LogP) is 3.15. The molecule has 1 saturated heterocycles. The zero-order valence-corrected chi connectivity index (χ0v) is 13.0. The highest BCUT2D eigenvalue weighted by Crippen LogP contribution is 2.43. The van der Waals surface area contributed by atoms with Crippen molar-refractivity contribution in [2.45, 2.75) is 77.9 Å². The van der Waals surface area contributed by atoms with Gasteiger partial charge in [-0.25, -0.2) is 0 Å². The summed E-state index contributed by atoms with van der Waals surface area (Å²) in [6.45, 7) is 9.95. The fraction of sp³-hybridized carbons (Fsp3) is 0.938. The molecule has 0 radical (unpaired) electrons. The number of carbonyl (C=O) groups excluding carboxylic acids is 1. The highest BCUT2D eigenvalue weighted by Gasteiger charge is 2.58. The van der Waals surface area contributed by atoms with Crippen LogP contribution in [0.25, 0.3) is 0 Å². The van der Waals surface area contributed by atoms with Gasteiger partial charge < -0.3 is 4.90 Å². The Morgan fingerprint density at radius 3 is 2.42 bits per heavy atom. The zero-order valence-electron chi connectivity index (χ0n) is 13.0. The maximum atomic E-state index is 12.5. The summed E-state index contributed by atoms with van der Waals surface area (Å²) in [4.78, 5) is 14.6. The molecule has 2 rings (SSSR count). The number of rotatable bonds is 7. The van der Waals surface area contributed by atoms with Gasteiger partial charge in [-0.15, -0.1) is 0 Å². The third-order valence-corrected chi connectivity index (χ3v) is 4.36. The summed E-state index contributed by atoms with van der Waals surface area (Å²) in [6, 6.07) is 0. The molecule has 0 aromatic carbocycles. The van der Waals surface area contributed by atoms with Gasteiger partial charge in [-0.2, -0.15) is 0 Å². The van der Waals surface area contributed by atoms with Crippen LogP contribution in [0.15, 0.2) is 0 Å². The Morgan fingerprint density at radius 1 is 1.21 bits per heavy atom. The van der Waals surface area contributed by atoms with Gasteiger partial charge in [-0.3, -0.25) is 10.1 Å². The van der Waals surface area contributed by atoms with Crippen LogP contribution in [0.2, 0.25) is 0 Å². The maximum Gasteiger partial charge on any atom is 0.244 e. The molecule has 3 heteroatoms. The molecule has 1 N–H and O–H groups in total. The van der Waals surface area contributed by atoms with E-state index in [1.165, 1.54) is 12.8 Å². The van der Waals surface area contributed by atoms with Gasteiger partial charge in [0.2, 0.25) is 5.91 Å². The number of nitrogens with zero attached hydrogens (tertiary/aromatic N) is 1. The number of hydrogen-bond acceptors (Lipinski definition) is 2. The molecule has 1 spiro atoms. The molecule has 0 aromatic heterocycles. The highest BCUT2D eigenvalue weighted by atomic mass is 16.2. The number of hydrogen-bond donors (Lipinski definition) is 1. The lowest BCUT2D eigenvalue weighted by Crippen LogP contribution is -2.39. The zero-order chi connectivity index (χ0) is 14.0. The first-order valence-corrected chi connectivity index (χ1v) is 8.03. The molecule has 1 atom stereocenters. The van der Waals surface area contributed by atoms with Crippen molar-refractivity contribution in [2.75, 3.05) is 6.54 Å². The first kappa shape index (κ1) is 14.8. The van der Waals surface area contributed by atoms with Crippen LogP contribution < -0.4 is 5.32 Å². The average molecular weight is 266 g/mol. The molecule has 0 aromatic rings. The minimum atomic E-state index is -0.141. The van der Waals surface area contributed by atoms with Crippen molar-refractivity contribution in [1.29, 1.82) is 0 Å². The topological polar surface area (TPSA) is 32.3 Å². The molecule has 3 nitrogen and oxygen atoms in total. The lowest BCUT2D eigenvalue weighted by molar-refractivity contribution is -0.131. The molecule has 110 valence electrons. The minimum Gasteiger partial charge on any atom is -0.326 e. The monoisotopic (exact) mass is 266 g/mol. The smallest absolute Gasteiger partial charge is 0.244 e. The van der Waals surface area contributed by atoms with Gasteiger partial charge in [0.05, 0.1) is 11.7 Å². The van der Waals surface area contributed by atoms with Crippen LogP contribution in [0.3, 0.4) is 0 Å². The number of amides is 1. The summed E-state index contributed by atoms with van der Waals surface area (Å²) in [5.74, 6) is 1.79. The second kappa shape index (κ2) is 5.82. The Kier molecular flexibility index (Phi) is 4.54. The second-order valence-corrected chi connectivity index (χ2v) is 7.26. The lowest BCUT2D eigenvalue weighted by atomic mass is 10.1. The molecule has 1 unspecified atom stereocenters. The molecular weight excluding hydrogens is 236 g/mol. The molecule has 19 heavy (non-hydrogen) atoms. The lowest BCUT2D eigenvalue weighted by Gasteiger charge is -2.25. The van der Waals surface area contributed by atoms with Crippen LogP contribution in [0, 0.1) is 11.8 Å². The summed E-state index contributed by atoms with van der Waals surface area (Å²) in [5.41, 5.74) is -0.141. The van der Waals surface area contributed by atoms with E-state index in [1.807, 2.05) is 0 Å². The van der Waals surface area contributed by atoms with Crippen molar-refractivity contribution >= 4 is 5.91 Å². The fourth-order valence-electron chi connectivity index (χ4n) is 3.08. The SMILES string of the molecule is CC(C)CCCCN1C(=O)C2(CC2)NC1CC(C)C. The van der Waals surface area contributed by atoms with Crippen molar-refractivity contribution in [3.05, 3.63) is 0 Å². The average Bonchev–Trinajstić information content (AvgIpc) is 3.02. The molecule has 1 aliphatic carbocycles. The van der Waals surface area contributed by atoms with Gasteiger partial charge in [0.15, 0.2) is 0 Å². The van der Waals surface area contributed by atoms with Crippen molar-refractivity contribution in [3.63, 3.8) is 0 Å². The van der Waals surface area contributed by atoms with Crippen molar-refractivity contribution in [3.8, 4) is 0 Å². The molecule has 1 aliphatic heterocycles. The van der Waals surface area contributed by atoms with Crippen molar-refractivity contribution in [2.24, 2.45) is 11.8 Å². The van der Waals surface area contributed by atoms with Crippen LogP contribution in [0.5, 0.6) is 0 Å². The Labute approximate surface area is 118 Å². The van der Waals surface area contributed by atoms with Gasteiger partial charge in [0.25, 0.3) is 0 Å². The molecule has 2 aliphatic rings. The van der Waals surface area contributed by atoms with Crippen LogP contribution in [0.1, 0.15) is 66.2 Å². The van der Waals surface area contributed by atoms with Crippen LogP contribution in [0.4, 0.5) is 0 Å². The van der Waals surface area contributed by atoms with E-state index in [1.54, 1.807) is 0 Å². The van der Waals surface area contributed by atoms with Crippen molar-refractivity contribution in [1.82, 2.24) is 10.2 Å². The Bertz CT molecular complexity index is 321. The minimum absolute atomic E-state index is 0.141. The number of unbranched alkanes of at least 4 members (excludes halogenated alkanes) is 1. The van der Waals surface area contributed by atoms with E-state index < -0.39 is 0 Å². The Morgan fingerprint density at radius 2 is 1.89 bits per heavy atom. The quantitative estimate of drug-likeness (QED) is 0.718. The largest absolute Gasteiger partial charge is 0.326 e. The fourth-order valence-corrected chi connectivity index (χ4v) is 3.08. The summed E-state index contributed by atoms with van der Waals surface area (Å²) >= 11 is 0. The van der Waals surface area contributed by atoms with Crippen LogP contribution >= 0.6 is 0 Å². The van der Waals surface area contributed by atoms with Gasteiger partial charge in [-0.05, 0) is 37.5 Å². The van der Waals surface area contributed by atoms with Gasteiger partial charge >= 0.3 is 0 Å². The van der Waals surface area contributed by atoms with Gasteiger partial charge in [0.1, 0.15) is 0 Å². The van der Waals surface area contributed by atoms with E-state index in [-0.39, 0.29) is 11.7 Å². The van der Waals surface area contributed by atoms with E-state index in [0.717, 1.165) is 38.1 Å². The predicted molar refractivity (Wildman–Crippen MR) is 78.7 cm³/mol. The normalized spacial score (nSPS) is 25.1. The molecule has 1 saturated carbocycles. The molecular formula is C16H30N2O. The van der Waals surface area contributed by atoms with E-state index in [2.05, 4.69) is 37.9 Å². The van der Waals surface area contributed by atoms with Gasteiger partial charge in [-0.1, -0.05) is 40.5 Å². The third-order valence-electron chi connectivity index (χ3n) is 4.36. The Balaban J connectivity index is 1.85. The van der Waals surface area contributed by atoms with E-state index in [9.17, 15) is 4.79 Å². The number of nitrogens with one attached hydrogen (secondary N) is 1. The first-order chi connectivity index (χ1) is 8.94. The summed E-state index contributed by atoms with van der Waals surface area (Å²) in [5, 5.41) is 3.60. The molecule has 1 heterocycles. The van der Waals surface area contributed by atoms with E-state index >= 15 is 0 Å². The summed E-state index contributed by atoms with van der Waals surface area (Å²) < 4.78 is 0. The molecule has 2 fully saturated rings. The summed E-state index contributed by atoms with van der Waals surface area (Å²) in [6.07, 6.45) is 7.12. The Hall–Kier alpha value is -0.570. The standard InChI is InChI=1S/C16H30N2O/c1-12(2)7-5-6-10-18-14(11-13(3)4)17-16(8-9-16)15(18)19/h12-14,17H,5-11H2,1-4H3. The molecule has 1 amide bonds. The van der Waals surface area contributed by atoms with Crippen LogP contribution in [-0.2, 0) is 4.79 Å². The van der Waals surface area contributed by atoms with E-state index in [0.29, 0.717) is 11.8 Å². The first-order valence-electron chi connectivity index (χ1n) is 8.03. The highest BCUT2D eigenvalue weighted by molar-refractivity contribution is 5.91. The van der Waals surface area contributed by atoms with Gasteiger partial charge in [0, 0.05) is 6.54 Å². The molecule has 0 bridgehead atoms. The van der Waals surface area contributed by atoms with Crippen LogP contribution in [-0.4, -0.2) is 29.1 Å². The van der Waals surface area contributed by atoms with Crippen molar-refractivity contribution < 1.29 is 4.79 Å². The number of carbonyl (C=O) groups is 1. The maximum absolute atomic E-state index is 12.5. The van der Waals surface area contributed by atoms with E-state index in [4.69, 9.17) is 0 Å². The summed E-state index contributed by atoms with van der Waals surface area (Å²) in [7, 11) is 0.